The van der Waals surface area contributed by atoms with Gasteiger partial charge in [-0.1, -0.05) is 19.8 Å². The fourth-order valence-electron chi connectivity index (χ4n) is 2.16. The molecule has 7 nitrogen and oxygen atoms in total. The highest BCUT2D eigenvalue weighted by atomic mass is 16.4. The molecule has 0 aromatic carbocycles. The number of rotatable bonds is 12. The molecule has 0 rings (SSSR count). The summed E-state index contributed by atoms with van der Waals surface area (Å²) >= 11 is 0. The van der Waals surface area contributed by atoms with Gasteiger partial charge in [0.1, 0.15) is 5.54 Å². The second-order valence-corrected chi connectivity index (χ2v) is 5.99. The minimum absolute atomic E-state index is 0.0636. The first-order valence-corrected chi connectivity index (χ1v) is 7.44. The molecule has 21 heavy (non-hydrogen) atoms. The summed E-state index contributed by atoms with van der Waals surface area (Å²) in [4.78, 5) is 11.3. The van der Waals surface area contributed by atoms with E-state index < -0.39 is 18.6 Å². The van der Waals surface area contributed by atoms with Gasteiger partial charge in [-0.2, -0.15) is 0 Å². The van der Waals surface area contributed by atoms with Crippen LogP contribution in [0.2, 0.25) is 6.32 Å². The molecule has 0 aliphatic rings. The maximum Gasteiger partial charge on any atom is 0.451 e. The summed E-state index contributed by atoms with van der Waals surface area (Å²) < 4.78 is 0. The molecule has 0 spiro atoms. The first-order valence-electron chi connectivity index (χ1n) is 7.44. The van der Waals surface area contributed by atoms with Gasteiger partial charge in [0.05, 0.1) is 0 Å². The smallest absolute Gasteiger partial charge is 0.451 e. The molecule has 0 aliphatic heterocycles. The first-order chi connectivity index (χ1) is 9.71. The van der Waals surface area contributed by atoms with E-state index in [2.05, 4.69) is 5.32 Å². The van der Waals surface area contributed by atoms with Gasteiger partial charge in [-0.05, 0) is 32.0 Å². The second-order valence-electron chi connectivity index (χ2n) is 5.99. The van der Waals surface area contributed by atoms with E-state index in [1.54, 1.807) is 0 Å². The Labute approximate surface area is 126 Å². The van der Waals surface area contributed by atoms with Gasteiger partial charge in [0.25, 0.3) is 0 Å². The van der Waals surface area contributed by atoms with E-state index >= 15 is 0 Å². The Morgan fingerprint density at radius 3 is 2.43 bits per heavy atom. The third-order valence-electron chi connectivity index (χ3n) is 3.59. The number of hydrogen-bond acceptors (Lipinski definition) is 6. The van der Waals surface area contributed by atoms with E-state index in [-0.39, 0.29) is 37.9 Å². The summed E-state index contributed by atoms with van der Waals surface area (Å²) in [6, 6.07) is 0.0636. The number of carboxylic acids is 1. The number of unbranched alkanes of at least 4 members (excludes halogenated alkanes) is 1. The van der Waals surface area contributed by atoms with Crippen molar-refractivity contribution in [2.24, 2.45) is 11.7 Å². The van der Waals surface area contributed by atoms with Gasteiger partial charge < -0.3 is 31.3 Å². The number of hydrogen-bond donors (Lipinski definition) is 6. The lowest BCUT2D eigenvalue weighted by Gasteiger charge is -2.28. The summed E-state index contributed by atoms with van der Waals surface area (Å²) in [6.07, 6.45) is 2.26. The van der Waals surface area contributed by atoms with Crippen molar-refractivity contribution in [3.63, 3.8) is 0 Å². The minimum atomic E-state index is -1.36. The van der Waals surface area contributed by atoms with E-state index in [9.17, 15) is 9.90 Å². The summed E-state index contributed by atoms with van der Waals surface area (Å²) in [7, 11) is -1.36. The Morgan fingerprint density at radius 2 is 1.95 bits per heavy atom. The van der Waals surface area contributed by atoms with Crippen molar-refractivity contribution in [2.75, 3.05) is 13.2 Å². The van der Waals surface area contributed by atoms with Crippen LogP contribution < -0.4 is 11.1 Å². The van der Waals surface area contributed by atoms with Crippen molar-refractivity contribution < 1.29 is 25.1 Å². The third-order valence-corrected chi connectivity index (χ3v) is 3.59. The second kappa shape index (κ2) is 10.1. The Morgan fingerprint density at radius 1 is 1.33 bits per heavy atom. The zero-order valence-electron chi connectivity index (χ0n) is 13.0. The van der Waals surface area contributed by atoms with Gasteiger partial charge >= 0.3 is 13.1 Å². The van der Waals surface area contributed by atoms with Crippen LogP contribution in [0.5, 0.6) is 0 Å². The number of aliphatic hydroxyl groups is 1. The number of nitrogens with one attached hydrogen (secondary N) is 1. The Balaban J connectivity index is 4.23. The van der Waals surface area contributed by atoms with Gasteiger partial charge in [0, 0.05) is 19.2 Å². The normalized spacial score (nSPS) is 17.0. The molecule has 0 heterocycles. The molecule has 0 amide bonds. The van der Waals surface area contributed by atoms with Crippen molar-refractivity contribution in [1.82, 2.24) is 5.32 Å². The fourth-order valence-corrected chi connectivity index (χ4v) is 2.16. The van der Waals surface area contributed by atoms with Gasteiger partial charge in [0.2, 0.25) is 0 Å². The zero-order valence-corrected chi connectivity index (χ0v) is 13.0. The molecule has 124 valence electrons. The highest BCUT2D eigenvalue weighted by molar-refractivity contribution is 6.40. The quantitative estimate of drug-likeness (QED) is 0.209. The van der Waals surface area contributed by atoms with Crippen molar-refractivity contribution in [2.45, 2.75) is 57.4 Å². The minimum Gasteiger partial charge on any atom is -0.480 e. The molecule has 8 heteroatoms. The van der Waals surface area contributed by atoms with Crippen LogP contribution in [0.3, 0.4) is 0 Å². The highest BCUT2D eigenvalue weighted by Crippen LogP contribution is 2.14. The van der Waals surface area contributed by atoms with Crippen molar-refractivity contribution in [3.05, 3.63) is 0 Å². The van der Waals surface area contributed by atoms with Crippen LogP contribution in [0.1, 0.15) is 39.5 Å². The molecule has 0 aromatic rings. The van der Waals surface area contributed by atoms with Crippen LogP contribution in [-0.2, 0) is 4.79 Å². The molecule has 3 atom stereocenters. The zero-order chi connectivity index (χ0) is 16.5. The number of carbonyl (C=O) groups is 1. The lowest BCUT2D eigenvalue weighted by molar-refractivity contribution is -0.143. The monoisotopic (exact) mass is 304 g/mol. The molecule has 0 saturated heterocycles. The van der Waals surface area contributed by atoms with E-state index in [0.29, 0.717) is 12.8 Å². The summed E-state index contributed by atoms with van der Waals surface area (Å²) in [6.45, 7) is 4.09. The number of carboxylic acid groups (broad SMARTS) is 1. The standard InChI is InChI=1S/C13H29BN2O5/c1-10(8-17)7-11(2)16-9-13(15,12(18)19)5-3-4-6-14(20)21/h10-11,16-17,20-21H,3-9,15H2,1-2H3,(H,18,19)/t10-,11?,13?/m0/s1. The maximum absolute atomic E-state index is 11.3. The SMILES string of the molecule is CC(C[C@H](C)CO)NCC(N)(CCCCB(O)O)C(=O)O. The lowest BCUT2D eigenvalue weighted by Crippen LogP contribution is -2.56. The van der Waals surface area contributed by atoms with Gasteiger partial charge in [-0.3, -0.25) is 4.79 Å². The number of aliphatic hydroxyl groups excluding tert-OH is 1. The molecule has 7 N–H and O–H groups in total. The Bertz CT molecular complexity index is 306. The van der Waals surface area contributed by atoms with E-state index in [4.69, 9.17) is 20.9 Å². The molecular weight excluding hydrogens is 275 g/mol. The fraction of sp³-hybridized carbons (Fsp3) is 0.923. The van der Waals surface area contributed by atoms with Crippen LogP contribution in [0.4, 0.5) is 0 Å². The number of nitrogens with two attached hydrogens (primary N) is 1. The summed E-state index contributed by atoms with van der Waals surface area (Å²) in [5, 5.41) is 38.9. The van der Waals surface area contributed by atoms with E-state index in [0.717, 1.165) is 6.42 Å². The lowest BCUT2D eigenvalue weighted by atomic mass is 9.82. The maximum atomic E-state index is 11.3. The molecule has 0 aromatic heterocycles. The van der Waals surface area contributed by atoms with Crippen LogP contribution in [-0.4, -0.2) is 58.1 Å². The molecule has 0 aliphatic carbocycles. The number of aliphatic carboxylic acids is 1. The van der Waals surface area contributed by atoms with Crippen molar-refractivity contribution in [1.29, 1.82) is 0 Å². The van der Waals surface area contributed by atoms with Crippen LogP contribution >= 0.6 is 0 Å². The Kier molecular flexibility index (Phi) is 9.81. The molecule has 2 unspecified atom stereocenters. The average molecular weight is 304 g/mol. The Hall–Kier alpha value is -0.665. The van der Waals surface area contributed by atoms with Crippen molar-refractivity contribution in [3.8, 4) is 0 Å². The van der Waals surface area contributed by atoms with E-state index in [1.165, 1.54) is 0 Å². The predicted molar refractivity (Wildman–Crippen MR) is 81.7 cm³/mol. The van der Waals surface area contributed by atoms with Crippen LogP contribution in [0.25, 0.3) is 0 Å². The van der Waals surface area contributed by atoms with Crippen LogP contribution in [0.15, 0.2) is 0 Å². The molecule has 0 radical (unpaired) electrons. The van der Waals surface area contributed by atoms with E-state index in [1.807, 2.05) is 13.8 Å². The topological polar surface area (TPSA) is 136 Å². The molecule has 0 saturated carbocycles. The van der Waals surface area contributed by atoms with Crippen LogP contribution in [0, 0.1) is 5.92 Å². The summed E-state index contributed by atoms with van der Waals surface area (Å²) in [5.41, 5.74) is 4.57. The van der Waals surface area contributed by atoms with Crippen molar-refractivity contribution >= 4 is 13.1 Å². The predicted octanol–water partition coefficient (Wildman–Crippen LogP) is -0.592. The average Bonchev–Trinajstić information content (AvgIpc) is 2.40. The largest absolute Gasteiger partial charge is 0.480 e. The molecule has 0 bridgehead atoms. The van der Waals surface area contributed by atoms with Gasteiger partial charge in [0.15, 0.2) is 0 Å². The highest BCUT2D eigenvalue weighted by Gasteiger charge is 2.33. The van der Waals surface area contributed by atoms with Gasteiger partial charge in [-0.25, -0.2) is 0 Å². The summed E-state index contributed by atoms with van der Waals surface area (Å²) in [5.74, 6) is -0.919. The third kappa shape index (κ3) is 9.05. The molecule has 0 fully saturated rings. The first kappa shape index (κ1) is 20.3. The van der Waals surface area contributed by atoms with Gasteiger partial charge in [-0.15, -0.1) is 0 Å². The molecular formula is C13H29BN2O5.